The molecule has 0 bridgehead atoms. The van der Waals surface area contributed by atoms with Crippen LogP contribution < -0.4 is 10.2 Å². The van der Waals surface area contributed by atoms with E-state index >= 15 is 0 Å². The van der Waals surface area contributed by atoms with Gasteiger partial charge in [-0.2, -0.15) is 0 Å². The molecule has 29 heavy (non-hydrogen) atoms. The van der Waals surface area contributed by atoms with Gasteiger partial charge in [0.1, 0.15) is 18.0 Å². The van der Waals surface area contributed by atoms with Crippen molar-refractivity contribution in [3.05, 3.63) is 71.6 Å². The minimum absolute atomic E-state index is 0.0215. The second-order valence-electron chi connectivity index (χ2n) is 8.34. The van der Waals surface area contributed by atoms with Crippen molar-refractivity contribution in [1.29, 1.82) is 0 Å². The fourth-order valence-corrected chi connectivity index (χ4v) is 4.28. The number of quaternary nitrogens is 1. The van der Waals surface area contributed by atoms with E-state index in [-0.39, 0.29) is 11.9 Å². The highest BCUT2D eigenvalue weighted by Gasteiger charge is 2.26. The van der Waals surface area contributed by atoms with Gasteiger partial charge in [-0.3, -0.25) is 4.79 Å². The summed E-state index contributed by atoms with van der Waals surface area (Å²) in [5, 5.41) is 3.25. The third-order valence-electron chi connectivity index (χ3n) is 5.70. The Bertz CT molecular complexity index is 1010. The van der Waals surface area contributed by atoms with Gasteiger partial charge in [0.15, 0.2) is 5.58 Å². The van der Waals surface area contributed by atoms with Crippen LogP contribution in [0, 0.1) is 6.92 Å². The van der Waals surface area contributed by atoms with Crippen molar-refractivity contribution in [1.82, 2.24) is 9.88 Å². The molecule has 2 N–H and O–H groups in total. The van der Waals surface area contributed by atoms with Crippen LogP contribution in [0.15, 0.2) is 59.0 Å². The van der Waals surface area contributed by atoms with Crippen molar-refractivity contribution in [2.24, 2.45) is 0 Å². The van der Waals surface area contributed by atoms with Gasteiger partial charge in [-0.15, -0.1) is 0 Å². The summed E-state index contributed by atoms with van der Waals surface area (Å²) in [6, 6.07) is 14.7. The third kappa shape index (κ3) is 4.46. The van der Waals surface area contributed by atoms with Crippen LogP contribution in [0.1, 0.15) is 41.6 Å². The summed E-state index contributed by atoms with van der Waals surface area (Å²) >= 11 is 0. The quantitative estimate of drug-likeness (QED) is 0.634. The van der Waals surface area contributed by atoms with Crippen LogP contribution in [0.25, 0.3) is 11.1 Å². The molecule has 3 heterocycles. The number of benzene rings is 1. The number of aromatic nitrogens is 1. The van der Waals surface area contributed by atoms with Crippen molar-refractivity contribution in [3.8, 4) is 0 Å². The van der Waals surface area contributed by atoms with Crippen LogP contribution in [-0.4, -0.2) is 29.6 Å². The molecule has 2 aromatic heterocycles. The molecule has 0 unspecified atom stereocenters. The average Bonchev–Trinajstić information content (AvgIpc) is 3.21. The van der Waals surface area contributed by atoms with Gasteiger partial charge in [0.2, 0.25) is 0 Å². The lowest BCUT2D eigenvalue weighted by atomic mass is 10.0. The third-order valence-corrected chi connectivity index (χ3v) is 5.70. The maximum Gasteiger partial charge on any atom is 0.268 e. The molecule has 1 saturated heterocycles. The Hall–Kier alpha value is -2.79. The monoisotopic (exact) mass is 392 g/mol. The number of fused-ring (bicyclic) bond motifs is 1. The fraction of sp³-hybridized carbons (Fsp3) is 0.375. The van der Waals surface area contributed by atoms with Gasteiger partial charge in [0.25, 0.3) is 5.91 Å². The minimum Gasteiger partial charge on any atom is -0.460 e. The zero-order valence-corrected chi connectivity index (χ0v) is 17.3. The number of amides is 1. The number of carbonyl (C=O) groups is 1. The lowest BCUT2D eigenvalue weighted by Crippen LogP contribution is -3.12. The Labute approximate surface area is 172 Å². The van der Waals surface area contributed by atoms with E-state index in [1.807, 2.05) is 30.5 Å². The number of nitrogens with one attached hydrogen (secondary N) is 2. The van der Waals surface area contributed by atoms with Gasteiger partial charge in [-0.1, -0.05) is 42.5 Å². The molecule has 1 amide bonds. The Kier molecular flexibility index (Phi) is 5.58. The maximum absolute atomic E-state index is 13.0. The number of piperidine rings is 1. The Morgan fingerprint density at radius 1 is 1.24 bits per heavy atom. The molecule has 0 atom stereocenters. The predicted molar refractivity (Wildman–Crippen MR) is 115 cm³/mol. The summed E-state index contributed by atoms with van der Waals surface area (Å²) in [4.78, 5) is 14.6. The summed E-state index contributed by atoms with van der Waals surface area (Å²) in [5.41, 5.74) is 4.75. The van der Waals surface area contributed by atoms with Gasteiger partial charge in [-0.25, -0.2) is 0 Å². The van der Waals surface area contributed by atoms with Gasteiger partial charge in [-0.05, 0) is 13.8 Å². The number of aryl methyl sites for hydroxylation is 1. The molecular weight excluding hydrogens is 362 g/mol. The lowest BCUT2D eigenvalue weighted by Gasteiger charge is -2.30. The first-order valence-corrected chi connectivity index (χ1v) is 10.4. The Balaban J connectivity index is 1.40. The zero-order valence-electron chi connectivity index (χ0n) is 17.3. The first-order valence-electron chi connectivity index (χ1n) is 10.4. The smallest absolute Gasteiger partial charge is 0.268 e. The molecule has 1 aliphatic rings. The summed E-state index contributed by atoms with van der Waals surface area (Å²) in [5.74, 6) is 0.831. The number of likely N-dealkylation sites (tertiary alicyclic amines) is 1. The standard InChI is InChI=1S/C24H29N3O2/c1-17(2)15-27-21-13-18(3)29-23(21)14-22(27)24(28)25-20-9-11-26(12-10-20)16-19-7-5-4-6-8-19/h4-8,13-14,20H,1,9-12,15-16H2,2-3H3,(H,25,28)/p+1. The molecule has 1 aromatic carbocycles. The number of hydrogen-bond acceptors (Lipinski definition) is 2. The number of nitrogens with zero attached hydrogens (tertiary/aromatic N) is 1. The minimum atomic E-state index is -0.0215. The summed E-state index contributed by atoms with van der Waals surface area (Å²) in [7, 11) is 0. The van der Waals surface area contributed by atoms with E-state index in [4.69, 9.17) is 4.42 Å². The van der Waals surface area contributed by atoms with E-state index in [0.29, 0.717) is 12.2 Å². The van der Waals surface area contributed by atoms with Crippen LogP contribution >= 0.6 is 0 Å². The molecule has 0 saturated carbocycles. The average molecular weight is 393 g/mol. The van der Waals surface area contributed by atoms with Gasteiger partial charge >= 0.3 is 0 Å². The van der Waals surface area contributed by atoms with Crippen molar-refractivity contribution >= 4 is 17.0 Å². The lowest BCUT2D eigenvalue weighted by molar-refractivity contribution is -0.918. The second-order valence-corrected chi connectivity index (χ2v) is 8.34. The fourth-order valence-electron chi connectivity index (χ4n) is 4.28. The molecule has 1 fully saturated rings. The van der Waals surface area contributed by atoms with Gasteiger partial charge < -0.3 is 19.2 Å². The highest BCUT2D eigenvalue weighted by atomic mass is 16.3. The van der Waals surface area contributed by atoms with Crippen molar-refractivity contribution in [2.45, 2.75) is 45.8 Å². The van der Waals surface area contributed by atoms with Crippen molar-refractivity contribution in [2.75, 3.05) is 13.1 Å². The number of furan rings is 1. The van der Waals surface area contributed by atoms with Crippen molar-refractivity contribution in [3.63, 3.8) is 0 Å². The van der Waals surface area contributed by atoms with Crippen LogP contribution in [0.3, 0.4) is 0 Å². The van der Waals surface area contributed by atoms with Crippen LogP contribution in [0.5, 0.6) is 0 Å². The Morgan fingerprint density at radius 2 is 1.97 bits per heavy atom. The molecule has 152 valence electrons. The highest BCUT2D eigenvalue weighted by Crippen LogP contribution is 2.25. The SMILES string of the molecule is C=C(C)Cn1c(C(=O)NC2CC[NH+](Cc3ccccc3)CC2)cc2oc(C)cc21. The van der Waals surface area contributed by atoms with Crippen LogP contribution in [0.2, 0.25) is 0 Å². The first kappa shape index (κ1) is 19.5. The maximum atomic E-state index is 13.0. The van der Waals surface area contributed by atoms with Crippen molar-refractivity contribution < 1.29 is 14.1 Å². The molecule has 0 spiro atoms. The van der Waals surface area contributed by atoms with E-state index in [0.717, 1.165) is 54.9 Å². The number of hydrogen-bond donors (Lipinski definition) is 2. The summed E-state index contributed by atoms with van der Waals surface area (Å²) < 4.78 is 7.76. The van der Waals surface area contributed by atoms with E-state index in [2.05, 4.69) is 42.2 Å². The molecule has 0 radical (unpaired) electrons. The zero-order chi connectivity index (χ0) is 20.4. The van der Waals surface area contributed by atoms with E-state index in [1.54, 1.807) is 4.90 Å². The first-order chi connectivity index (χ1) is 14.0. The van der Waals surface area contributed by atoms with E-state index < -0.39 is 0 Å². The van der Waals surface area contributed by atoms with Gasteiger partial charge in [0, 0.05) is 43.1 Å². The molecular formula is C24H30N3O2+. The molecule has 5 heteroatoms. The largest absolute Gasteiger partial charge is 0.460 e. The Morgan fingerprint density at radius 3 is 2.66 bits per heavy atom. The number of rotatable bonds is 6. The molecule has 1 aliphatic heterocycles. The molecule has 5 nitrogen and oxygen atoms in total. The van der Waals surface area contributed by atoms with E-state index in [1.165, 1.54) is 5.56 Å². The molecule has 4 rings (SSSR count). The van der Waals surface area contributed by atoms with Crippen LogP contribution in [0.4, 0.5) is 0 Å². The topological polar surface area (TPSA) is 51.6 Å². The summed E-state index contributed by atoms with van der Waals surface area (Å²) in [6.07, 6.45) is 2.01. The number of carbonyl (C=O) groups excluding carboxylic acids is 1. The molecule has 3 aromatic rings. The second kappa shape index (κ2) is 8.29. The van der Waals surface area contributed by atoms with E-state index in [9.17, 15) is 4.79 Å². The molecule has 0 aliphatic carbocycles. The summed E-state index contributed by atoms with van der Waals surface area (Å²) in [6.45, 7) is 11.7. The highest BCUT2D eigenvalue weighted by molar-refractivity contribution is 5.97. The van der Waals surface area contributed by atoms with Crippen LogP contribution in [-0.2, 0) is 13.1 Å². The van der Waals surface area contributed by atoms with Gasteiger partial charge in [0.05, 0.1) is 18.6 Å². The normalized spacial score (nSPS) is 19.4. The number of allylic oxidation sites excluding steroid dienone is 1. The predicted octanol–water partition coefficient (Wildman–Crippen LogP) is 3.10.